The van der Waals surface area contributed by atoms with Crippen LogP contribution in [0.5, 0.6) is 0 Å². The van der Waals surface area contributed by atoms with Crippen LogP contribution < -0.4 is 10.6 Å². The van der Waals surface area contributed by atoms with E-state index >= 15 is 0 Å². The van der Waals surface area contributed by atoms with Crippen molar-refractivity contribution < 1.29 is 9.59 Å². The van der Waals surface area contributed by atoms with Gasteiger partial charge in [-0.2, -0.15) is 0 Å². The minimum absolute atomic E-state index is 0.0795. The molecule has 7 nitrogen and oxygen atoms in total. The van der Waals surface area contributed by atoms with Crippen LogP contribution >= 0.6 is 0 Å². The predicted octanol–water partition coefficient (Wildman–Crippen LogP) is 0.816. The molecule has 0 unspecified atom stereocenters. The molecule has 1 fully saturated rings. The minimum atomic E-state index is -0.687. The number of carbonyl (C=O) groups excluding carboxylic acids is 2. The van der Waals surface area contributed by atoms with Crippen molar-refractivity contribution in [1.29, 1.82) is 0 Å². The molecule has 1 atom stereocenters. The van der Waals surface area contributed by atoms with Crippen LogP contribution in [0, 0.1) is 6.92 Å². The van der Waals surface area contributed by atoms with Gasteiger partial charge >= 0.3 is 0 Å². The molecule has 0 bridgehead atoms. The van der Waals surface area contributed by atoms with Gasteiger partial charge in [0.15, 0.2) is 0 Å². The standard InChI is InChI=1S/C18H25N5O2/c1-3-22-8-10-23(11-9-22)18-20-15(12-16(24)21-18)17(25)19-14-7-5-4-6-13(14)2/h4-7,15H,3,8-12H2,1-2H3,(H,19,25)(H,20,21,24)/t15-/m1/s1. The molecule has 7 heteroatoms. The van der Waals surface area contributed by atoms with Crippen molar-refractivity contribution in [3.63, 3.8) is 0 Å². The van der Waals surface area contributed by atoms with Crippen molar-refractivity contribution in [2.75, 3.05) is 38.0 Å². The third kappa shape index (κ3) is 4.17. The van der Waals surface area contributed by atoms with Crippen LogP contribution in [0.3, 0.4) is 0 Å². The largest absolute Gasteiger partial charge is 0.340 e. The van der Waals surface area contributed by atoms with E-state index in [1.807, 2.05) is 31.2 Å². The second kappa shape index (κ2) is 7.65. The first-order valence-corrected chi connectivity index (χ1v) is 8.78. The fraction of sp³-hybridized carbons (Fsp3) is 0.500. The van der Waals surface area contributed by atoms with Crippen molar-refractivity contribution in [2.24, 2.45) is 4.99 Å². The van der Waals surface area contributed by atoms with E-state index in [9.17, 15) is 9.59 Å². The summed E-state index contributed by atoms with van der Waals surface area (Å²) in [5, 5.41) is 5.70. The molecule has 0 spiro atoms. The summed E-state index contributed by atoms with van der Waals surface area (Å²) in [5.74, 6) is 0.124. The number of carbonyl (C=O) groups is 2. The van der Waals surface area contributed by atoms with E-state index in [4.69, 9.17) is 0 Å². The van der Waals surface area contributed by atoms with Gasteiger partial charge in [-0.05, 0) is 25.1 Å². The predicted molar refractivity (Wildman–Crippen MR) is 97.5 cm³/mol. The van der Waals surface area contributed by atoms with Crippen LogP contribution in [0.1, 0.15) is 18.9 Å². The number of amides is 2. The highest BCUT2D eigenvalue weighted by atomic mass is 16.2. The Balaban J connectivity index is 1.69. The maximum absolute atomic E-state index is 12.6. The number of nitrogens with zero attached hydrogens (tertiary/aromatic N) is 3. The molecule has 2 aliphatic heterocycles. The Labute approximate surface area is 148 Å². The van der Waals surface area contributed by atoms with E-state index in [1.165, 1.54) is 0 Å². The van der Waals surface area contributed by atoms with Gasteiger partial charge in [0.1, 0.15) is 6.04 Å². The highest BCUT2D eigenvalue weighted by molar-refractivity contribution is 6.06. The molecule has 3 rings (SSSR count). The summed E-state index contributed by atoms with van der Waals surface area (Å²) in [6.07, 6.45) is 0.0795. The SMILES string of the molecule is CCN1CCN(C2=N[C@@H](C(=O)Nc3ccccc3C)CC(=O)N2)CC1. The first-order chi connectivity index (χ1) is 12.1. The smallest absolute Gasteiger partial charge is 0.249 e. The second-order valence-electron chi connectivity index (χ2n) is 6.45. The Hall–Kier alpha value is -2.41. The van der Waals surface area contributed by atoms with Gasteiger partial charge in [-0.15, -0.1) is 0 Å². The fourth-order valence-corrected chi connectivity index (χ4v) is 3.09. The number of para-hydroxylation sites is 1. The molecule has 0 aliphatic carbocycles. The second-order valence-corrected chi connectivity index (χ2v) is 6.45. The van der Waals surface area contributed by atoms with Gasteiger partial charge in [0.05, 0.1) is 6.42 Å². The zero-order valence-electron chi connectivity index (χ0n) is 14.8. The lowest BCUT2D eigenvalue weighted by Crippen LogP contribution is -2.56. The topological polar surface area (TPSA) is 77.0 Å². The molecule has 2 N–H and O–H groups in total. The van der Waals surface area contributed by atoms with Gasteiger partial charge in [0.2, 0.25) is 17.8 Å². The van der Waals surface area contributed by atoms with Gasteiger partial charge < -0.3 is 15.1 Å². The maximum Gasteiger partial charge on any atom is 0.249 e. The quantitative estimate of drug-likeness (QED) is 0.852. The molecule has 2 heterocycles. The van der Waals surface area contributed by atoms with E-state index in [0.29, 0.717) is 5.96 Å². The first kappa shape index (κ1) is 17.4. The molecule has 1 saturated heterocycles. The monoisotopic (exact) mass is 343 g/mol. The number of likely N-dealkylation sites (N-methyl/N-ethyl adjacent to an activating group) is 1. The molecule has 2 amide bonds. The number of aryl methyl sites for hydroxylation is 1. The van der Waals surface area contributed by atoms with E-state index in [2.05, 4.69) is 32.3 Å². The Morgan fingerprint density at radius 1 is 1.28 bits per heavy atom. The third-order valence-electron chi connectivity index (χ3n) is 4.73. The molecular weight excluding hydrogens is 318 g/mol. The molecule has 2 aliphatic rings. The van der Waals surface area contributed by atoms with Gasteiger partial charge in [-0.25, -0.2) is 4.99 Å². The van der Waals surface area contributed by atoms with Crippen LogP contribution in [-0.2, 0) is 9.59 Å². The highest BCUT2D eigenvalue weighted by Gasteiger charge is 2.30. The fourth-order valence-electron chi connectivity index (χ4n) is 3.09. The Kier molecular flexibility index (Phi) is 5.33. The molecular formula is C18H25N5O2. The number of aliphatic imine (C=N–C) groups is 1. The first-order valence-electron chi connectivity index (χ1n) is 8.78. The summed E-state index contributed by atoms with van der Waals surface area (Å²) in [6.45, 7) is 8.58. The molecule has 134 valence electrons. The summed E-state index contributed by atoms with van der Waals surface area (Å²) >= 11 is 0. The van der Waals surface area contributed by atoms with Crippen molar-refractivity contribution >= 4 is 23.5 Å². The molecule has 0 saturated carbocycles. The average Bonchev–Trinajstić information content (AvgIpc) is 2.63. The van der Waals surface area contributed by atoms with Crippen molar-refractivity contribution in [1.82, 2.24) is 15.1 Å². The number of piperazine rings is 1. The summed E-state index contributed by atoms with van der Waals surface area (Å²) < 4.78 is 0. The number of nitrogens with one attached hydrogen (secondary N) is 2. The van der Waals surface area contributed by atoms with Crippen molar-refractivity contribution in [3.8, 4) is 0 Å². The lowest BCUT2D eigenvalue weighted by Gasteiger charge is -2.37. The summed E-state index contributed by atoms with van der Waals surface area (Å²) in [5.41, 5.74) is 1.74. The number of hydrogen-bond acceptors (Lipinski definition) is 5. The minimum Gasteiger partial charge on any atom is -0.340 e. The summed E-state index contributed by atoms with van der Waals surface area (Å²) in [6, 6.07) is 6.90. The highest BCUT2D eigenvalue weighted by Crippen LogP contribution is 2.16. The van der Waals surface area contributed by atoms with Crippen LogP contribution in [-0.4, -0.2) is 66.3 Å². The van der Waals surface area contributed by atoms with Crippen LogP contribution in [0.15, 0.2) is 29.3 Å². The molecule has 25 heavy (non-hydrogen) atoms. The van der Waals surface area contributed by atoms with Gasteiger partial charge in [-0.3, -0.25) is 14.9 Å². The van der Waals surface area contributed by atoms with Crippen LogP contribution in [0.25, 0.3) is 0 Å². The number of anilines is 1. The normalized spacial score (nSPS) is 21.5. The zero-order chi connectivity index (χ0) is 17.8. The number of hydrogen-bond donors (Lipinski definition) is 2. The maximum atomic E-state index is 12.6. The van der Waals surface area contributed by atoms with Crippen LogP contribution in [0.2, 0.25) is 0 Å². The zero-order valence-corrected chi connectivity index (χ0v) is 14.8. The summed E-state index contributed by atoms with van der Waals surface area (Å²) in [4.78, 5) is 33.5. The lowest BCUT2D eigenvalue weighted by molar-refractivity contribution is -0.125. The number of rotatable bonds is 3. The average molecular weight is 343 g/mol. The van der Waals surface area contributed by atoms with Crippen molar-refractivity contribution in [3.05, 3.63) is 29.8 Å². The Morgan fingerprint density at radius 2 is 2.00 bits per heavy atom. The van der Waals surface area contributed by atoms with E-state index in [0.717, 1.165) is 44.0 Å². The van der Waals surface area contributed by atoms with Gasteiger partial charge in [0.25, 0.3) is 0 Å². The summed E-state index contributed by atoms with van der Waals surface area (Å²) in [7, 11) is 0. The van der Waals surface area contributed by atoms with Gasteiger partial charge in [0, 0.05) is 31.9 Å². The van der Waals surface area contributed by atoms with E-state index in [1.54, 1.807) is 0 Å². The Morgan fingerprint density at radius 3 is 2.68 bits per heavy atom. The van der Waals surface area contributed by atoms with Crippen molar-refractivity contribution in [2.45, 2.75) is 26.3 Å². The molecule has 0 radical (unpaired) electrons. The molecule has 0 aromatic heterocycles. The Bertz CT molecular complexity index is 680. The molecule has 1 aromatic rings. The van der Waals surface area contributed by atoms with Crippen LogP contribution in [0.4, 0.5) is 5.69 Å². The van der Waals surface area contributed by atoms with E-state index < -0.39 is 6.04 Å². The number of guanidine groups is 1. The lowest BCUT2D eigenvalue weighted by atomic mass is 10.1. The van der Waals surface area contributed by atoms with E-state index in [-0.39, 0.29) is 18.2 Å². The number of benzene rings is 1. The van der Waals surface area contributed by atoms with Gasteiger partial charge in [-0.1, -0.05) is 25.1 Å². The third-order valence-corrected chi connectivity index (χ3v) is 4.73. The molecule has 1 aromatic carbocycles.